The van der Waals surface area contributed by atoms with E-state index in [4.69, 9.17) is 14.2 Å². The summed E-state index contributed by atoms with van der Waals surface area (Å²) in [6.07, 6.45) is 8.11. The van der Waals surface area contributed by atoms with Gasteiger partial charge in [0, 0.05) is 12.0 Å². The van der Waals surface area contributed by atoms with Crippen LogP contribution in [-0.4, -0.2) is 42.6 Å². The highest BCUT2D eigenvalue weighted by Gasteiger charge is 2.52. The topological polar surface area (TPSA) is 73.4 Å². The number of carbonyl (C=O) groups excluding carboxylic acids is 1. The molecular weight excluding hydrogens is 296 g/mol. The van der Waals surface area contributed by atoms with E-state index in [1.165, 1.54) is 6.42 Å². The lowest BCUT2D eigenvalue weighted by Gasteiger charge is -2.52. The van der Waals surface area contributed by atoms with Crippen molar-refractivity contribution < 1.29 is 19.0 Å². The summed E-state index contributed by atoms with van der Waals surface area (Å²) in [7, 11) is 0. The predicted molar refractivity (Wildman–Crippen MR) is 82.0 cm³/mol. The number of H-pyrrole nitrogens is 1. The second-order valence-electron chi connectivity index (χ2n) is 7.22. The fourth-order valence-corrected chi connectivity index (χ4v) is 4.02. The number of hydrogen-bond donors (Lipinski definition) is 1. The number of hydrogen-bond acceptors (Lipinski definition) is 5. The Bertz CT molecular complexity index is 540. The molecule has 1 aromatic heterocycles. The van der Waals surface area contributed by atoms with Crippen LogP contribution in [0.1, 0.15) is 61.1 Å². The first kappa shape index (κ1) is 15.3. The summed E-state index contributed by atoms with van der Waals surface area (Å²) in [5, 5.41) is 7.06. The van der Waals surface area contributed by atoms with Crippen molar-refractivity contribution in [1.82, 2.24) is 10.2 Å². The molecule has 6 nitrogen and oxygen atoms in total. The van der Waals surface area contributed by atoms with Gasteiger partial charge in [-0.3, -0.25) is 9.89 Å². The van der Waals surface area contributed by atoms with E-state index in [-0.39, 0.29) is 17.3 Å². The van der Waals surface area contributed by atoms with Gasteiger partial charge in [0.05, 0.1) is 24.6 Å². The number of carbonyl (C=O) groups is 1. The highest BCUT2D eigenvalue weighted by atomic mass is 16.7. The Hall–Kier alpha value is -1.24. The number of ether oxygens (including phenoxy) is 3. The van der Waals surface area contributed by atoms with E-state index in [0.29, 0.717) is 18.9 Å². The summed E-state index contributed by atoms with van der Waals surface area (Å²) in [5.74, 6) is 0. The SMILES string of the molecule is O=Cc1cc(C23CCC(COC4CCCCO4)(CC2)CO3)n[nH]1. The Labute approximate surface area is 135 Å². The van der Waals surface area contributed by atoms with Gasteiger partial charge in [0.1, 0.15) is 5.60 Å². The lowest BCUT2D eigenvalue weighted by atomic mass is 9.65. The molecule has 126 valence electrons. The van der Waals surface area contributed by atoms with Crippen LogP contribution in [0.5, 0.6) is 0 Å². The average Bonchev–Trinajstić information content (AvgIpc) is 3.13. The van der Waals surface area contributed by atoms with E-state index in [1.807, 2.05) is 6.07 Å². The number of aldehydes is 1. The zero-order valence-corrected chi connectivity index (χ0v) is 13.4. The van der Waals surface area contributed by atoms with Gasteiger partial charge in [-0.25, -0.2) is 0 Å². The predicted octanol–water partition coefficient (Wildman–Crippen LogP) is 2.55. The van der Waals surface area contributed by atoms with E-state index in [9.17, 15) is 4.79 Å². The van der Waals surface area contributed by atoms with Crippen molar-refractivity contribution in [3.05, 3.63) is 17.5 Å². The normalized spacial score (nSPS) is 37.0. The van der Waals surface area contributed by atoms with Crippen LogP contribution >= 0.6 is 0 Å². The van der Waals surface area contributed by atoms with Gasteiger partial charge in [-0.15, -0.1) is 0 Å². The molecule has 1 aromatic rings. The first-order valence-corrected chi connectivity index (χ1v) is 8.62. The van der Waals surface area contributed by atoms with E-state index >= 15 is 0 Å². The summed E-state index contributed by atoms with van der Waals surface area (Å²) < 4.78 is 17.9. The average molecular weight is 320 g/mol. The number of nitrogens with zero attached hydrogens (tertiary/aromatic N) is 1. The fraction of sp³-hybridized carbons (Fsp3) is 0.765. The lowest BCUT2D eigenvalue weighted by molar-refractivity contribution is -0.236. The molecule has 0 spiro atoms. The number of aromatic amines is 1. The highest BCUT2D eigenvalue weighted by Crippen LogP contribution is 2.53. The zero-order chi connectivity index (χ0) is 15.8. The maximum atomic E-state index is 10.9. The van der Waals surface area contributed by atoms with Crippen molar-refractivity contribution in [2.45, 2.75) is 56.8 Å². The minimum Gasteiger partial charge on any atom is -0.368 e. The second-order valence-corrected chi connectivity index (χ2v) is 7.22. The van der Waals surface area contributed by atoms with Gasteiger partial charge in [0.15, 0.2) is 12.6 Å². The molecule has 1 saturated carbocycles. The van der Waals surface area contributed by atoms with E-state index in [2.05, 4.69) is 10.2 Å². The molecular formula is C17H24N2O4. The number of aromatic nitrogens is 2. The van der Waals surface area contributed by atoms with Crippen molar-refractivity contribution in [3.8, 4) is 0 Å². The van der Waals surface area contributed by atoms with Crippen LogP contribution in [0.25, 0.3) is 0 Å². The third kappa shape index (κ3) is 2.84. The summed E-state index contributed by atoms with van der Waals surface area (Å²) in [6.45, 7) is 2.23. The summed E-state index contributed by atoms with van der Waals surface area (Å²) in [4.78, 5) is 10.9. The van der Waals surface area contributed by atoms with Crippen LogP contribution in [0.2, 0.25) is 0 Å². The maximum Gasteiger partial charge on any atom is 0.167 e. The number of rotatable bonds is 5. The van der Waals surface area contributed by atoms with Gasteiger partial charge in [-0.2, -0.15) is 5.10 Å². The van der Waals surface area contributed by atoms with E-state index in [0.717, 1.165) is 57.1 Å². The van der Waals surface area contributed by atoms with Gasteiger partial charge < -0.3 is 14.2 Å². The molecule has 6 heteroatoms. The molecule has 3 saturated heterocycles. The van der Waals surface area contributed by atoms with Gasteiger partial charge in [0.2, 0.25) is 0 Å². The smallest absolute Gasteiger partial charge is 0.167 e. The molecule has 1 atom stereocenters. The molecule has 0 aromatic carbocycles. The number of nitrogens with one attached hydrogen (secondary N) is 1. The molecule has 1 aliphatic carbocycles. The van der Waals surface area contributed by atoms with Crippen molar-refractivity contribution in [2.24, 2.45) is 5.41 Å². The molecule has 3 aliphatic heterocycles. The molecule has 1 unspecified atom stereocenters. The molecule has 23 heavy (non-hydrogen) atoms. The van der Waals surface area contributed by atoms with Crippen molar-refractivity contribution in [1.29, 1.82) is 0 Å². The van der Waals surface area contributed by atoms with Crippen molar-refractivity contribution in [3.63, 3.8) is 0 Å². The second kappa shape index (κ2) is 6.00. The largest absolute Gasteiger partial charge is 0.368 e. The highest BCUT2D eigenvalue weighted by molar-refractivity contribution is 5.71. The molecule has 4 fully saturated rings. The third-order valence-electron chi connectivity index (χ3n) is 5.68. The fourth-order valence-electron chi connectivity index (χ4n) is 4.02. The Morgan fingerprint density at radius 1 is 1.35 bits per heavy atom. The summed E-state index contributed by atoms with van der Waals surface area (Å²) in [5.41, 5.74) is 1.18. The maximum absolute atomic E-state index is 10.9. The monoisotopic (exact) mass is 320 g/mol. The quantitative estimate of drug-likeness (QED) is 0.844. The van der Waals surface area contributed by atoms with Crippen LogP contribution in [0.15, 0.2) is 6.07 Å². The van der Waals surface area contributed by atoms with Crippen molar-refractivity contribution >= 4 is 6.29 Å². The molecule has 4 aliphatic rings. The van der Waals surface area contributed by atoms with Gasteiger partial charge >= 0.3 is 0 Å². The summed E-state index contributed by atoms with van der Waals surface area (Å²) in [6, 6.07) is 1.82. The van der Waals surface area contributed by atoms with Crippen LogP contribution in [-0.2, 0) is 19.8 Å². The Kier molecular flexibility index (Phi) is 3.99. The van der Waals surface area contributed by atoms with Crippen LogP contribution in [0, 0.1) is 5.41 Å². The molecule has 0 radical (unpaired) electrons. The molecule has 4 heterocycles. The van der Waals surface area contributed by atoms with Crippen LogP contribution in [0.3, 0.4) is 0 Å². The minimum atomic E-state index is -0.319. The van der Waals surface area contributed by atoms with Gasteiger partial charge in [-0.05, 0) is 51.0 Å². The molecule has 1 N–H and O–H groups in total. The third-order valence-corrected chi connectivity index (χ3v) is 5.68. The first-order valence-electron chi connectivity index (χ1n) is 8.62. The number of fused-ring (bicyclic) bond motifs is 3. The molecule has 0 amide bonds. The van der Waals surface area contributed by atoms with Crippen molar-refractivity contribution in [2.75, 3.05) is 19.8 Å². The Balaban J connectivity index is 1.38. The molecule has 5 rings (SSSR count). The van der Waals surface area contributed by atoms with E-state index < -0.39 is 0 Å². The standard InChI is InChI=1S/C17H24N2O4/c20-10-13-9-14(19-18-13)17-6-4-16(5-7-17,12-23-17)11-22-15-3-1-2-8-21-15/h9-10,15H,1-8,11-12H2,(H,18,19). The first-order chi connectivity index (χ1) is 11.2. The van der Waals surface area contributed by atoms with Crippen LogP contribution in [0.4, 0.5) is 0 Å². The Morgan fingerprint density at radius 3 is 2.83 bits per heavy atom. The Morgan fingerprint density at radius 2 is 2.22 bits per heavy atom. The lowest BCUT2D eigenvalue weighted by Crippen LogP contribution is -2.51. The molecule has 2 bridgehead atoms. The minimum absolute atomic E-state index is 0.0341. The van der Waals surface area contributed by atoms with E-state index in [1.54, 1.807) is 0 Å². The zero-order valence-electron chi connectivity index (χ0n) is 13.4. The van der Waals surface area contributed by atoms with Crippen LogP contribution < -0.4 is 0 Å². The summed E-state index contributed by atoms with van der Waals surface area (Å²) >= 11 is 0. The van der Waals surface area contributed by atoms with Gasteiger partial charge in [-0.1, -0.05) is 0 Å². The van der Waals surface area contributed by atoms with Gasteiger partial charge in [0.25, 0.3) is 0 Å².